The molecule has 1 saturated heterocycles. The summed E-state index contributed by atoms with van der Waals surface area (Å²) in [6.07, 6.45) is -0.308. The van der Waals surface area contributed by atoms with E-state index in [4.69, 9.17) is 4.74 Å². The molecule has 0 bridgehead atoms. The Morgan fingerprint density at radius 1 is 1.88 bits per heavy atom. The van der Waals surface area contributed by atoms with Crippen molar-refractivity contribution in [2.75, 3.05) is 0 Å². The minimum Gasteiger partial charge on any atom is -0.433 e. The van der Waals surface area contributed by atoms with Gasteiger partial charge >= 0.3 is 6.09 Å². The maximum Gasteiger partial charge on any atom is 0.408 e. The number of ether oxygens (including phenoxy) is 1. The van der Waals surface area contributed by atoms with Gasteiger partial charge in [0.25, 0.3) is 0 Å². The first kappa shape index (κ1) is 6.12. The molecule has 1 fully saturated rings. The lowest BCUT2D eigenvalue weighted by atomic mass is 10.4. The summed E-state index contributed by atoms with van der Waals surface area (Å²) in [5, 5.41) is 2.60. The van der Waals surface area contributed by atoms with Crippen LogP contribution in [-0.2, 0) is 4.74 Å². The van der Waals surface area contributed by atoms with Crippen LogP contribution < -0.4 is 5.32 Å². The van der Waals surface area contributed by atoms with Crippen LogP contribution in [-0.4, -0.2) is 16.2 Å². The van der Waals surface area contributed by atoms with Crippen molar-refractivity contribution in [2.24, 2.45) is 0 Å². The number of carbonyl (C=O) groups excluding carboxylic acids is 1. The van der Waals surface area contributed by atoms with E-state index in [1.165, 1.54) is 0 Å². The van der Waals surface area contributed by atoms with E-state index in [-0.39, 0.29) is 16.2 Å². The number of nitrogens with one attached hydrogen (secondary N) is 1. The summed E-state index contributed by atoms with van der Waals surface area (Å²) in [6, 6.07) is 0.156. The lowest BCUT2D eigenvalue weighted by Crippen LogP contribution is -2.24. The highest BCUT2D eigenvalue weighted by Crippen LogP contribution is 2.13. The summed E-state index contributed by atoms with van der Waals surface area (Å²) >= 11 is 2.07. The molecule has 4 heteroatoms. The third-order valence-corrected chi connectivity index (χ3v) is 2.29. The molecule has 3 nitrogen and oxygen atoms in total. The molecule has 0 aromatic heterocycles. The van der Waals surface area contributed by atoms with Gasteiger partial charge in [-0.15, -0.1) is 0 Å². The van der Waals surface area contributed by atoms with E-state index in [2.05, 4.69) is 27.9 Å². The zero-order valence-corrected chi connectivity index (χ0v) is 6.51. The van der Waals surface area contributed by atoms with Gasteiger partial charge in [0.2, 0.25) is 0 Å². The standard InChI is InChI=1S/C4H6INO2/c1-2-3(5)8-4(7)6-2/h2-3H,1H3,(H,6,7). The fourth-order valence-electron chi connectivity index (χ4n) is 0.490. The second kappa shape index (κ2) is 2.08. The first-order valence-corrected chi connectivity index (χ1v) is 3.56. The van der Waals surface area contributed by atoms with Gasteiger partial charge in [-0.3, -0.25) is 0 Å². The predicted octanol–water partition coefficient (Wildman–Crippen LogP) is 0.876. The lowest BCUT2D eigenvalue weighted by molar-refractivity contribution is 0.172. The number of amides is 1. The van der Waals surface area contributed by atoms with Gasteiger partial charge in [-0.2, -0.15) is 0 Å². The normalized spacial score (nSPS) is 36.5. The second-order valence-electron chi connectivity index (χ2n) is 1.69. The molecule has 0 aromatic rings. The Bertz CT molecular complexity index is 105. The van der Waals surface area contributed by atoms with Gasteiger partial charge in [-0.25, -0.2) is 4.79 Å². The largest absolute Gasteiger partial charge is 0.433 e. The lowest BCUT2D eigenvalue weighted by Gasteiger charge is -2.00. The topological polar surface area (TPSA) is 38.3 Å². The number of rotatable bonds is 0. The number of cyclic esters (lactones) is 1. The smallest absolute Gasteiger partial charge is 0.408 e. The van der Waals surface area contributed by atoms with Crippen molar-refractivity contribution in [2.45, 2.75) is 17.1 Å². The Morgan fingerprint density at radius 3 is 2.62 bits per heavy atom. The van der Waals surface area contributed by atoms with Crippen LogP contribution in [0.1, 0.15) is 6.92 Å². The molecule has 2 unspecified atom stereocenters. The summed E-state index contributed by atoms with van der Waals surface area (Å²) in [5.41, 5.74) is 0. The summed E-state index contributed by atoms with van der Waals surface area (Å²) in [6.45, 7) is 1.90. The summed E-state index contributed by atoms with van der Waals surface area (Å²) < 4.78 is 4.71. The number of halogens is 1. The number of carbonyl (C=O) groups is 1. The van der Waals surface area contributed by atoms with Gasteiger partial charge in [-0.1, -0.05) is 0 Å². The molecule has 0 aromatic carbocycles. The predicted molar refractivity (Wildman–Crippen MR) is 36.9 cm³/mol. The van der Waals surface area contributed by atoms with Gasteiger partial charge in [0, 0.05) is 0 Å². The van der Waals surface area contributed by atoms with Gasteiger partial charge in [0.1, 0.15) is 0 Å². The van der Waals surface area contributed by atoms with E-state index in [0.717, 1.165) is 0 Å². The van der Waals surface area contributed by atoms with Crippen molar-refractivity contribution in [3.05, 3.63) is 0 Å². The molecular formula is C4H6INO2. The van der Waals surface area contributed by atoms with Crippen LogP contribution in [0, 0.1) is 0 Å². The molecule has 2 atom stereocenters. The molecule has 0 aliphatic carbocycles. The highest BCUT2D eigenvalue weighted by atomic mass is 127. The number of hydrogen-bond acceptors (Lipinski definition) is 2. The van der Waals surface area contributed by atoms with Crippen molar-refractivity contribution in [3.63, 3.8) is 0 Å². The molecule has 1 amide bonds. The molecule has 46 valence electrons. The van der Waals surface area contributed by atoms with Gasteiger partial charge in [-0.05, 0) is 29.5 Å². The summed E-state index contributed by atoms with van der Waals surface area (Å²) in [5.74, 6) is 0. The zero-order valence-electron chi connectivity index (χ0n) is 4.35. The van der Waals surface area contributed by atoms with E-state index in [1.54, 1.807) is 0 Å². The maximum atomic E-state index is 10.3. The van der Waals surface area contributed by atoms with Gasteiger partial charge in [0.05, 0.1) is 6.04 Å². The molecule has 0 radical (unpaired) electrons. The van der Waals surface area contributed by atoms with E-state index >= 15 is 0 Å². The first-order chi connectivity index (χ1) is 3.70. The number of alkyl halides is 1. The highest BCUT2D eigenvalue weighted by molar-refractivity contribution is 14.1. The molecule has 1 heterocycles. The summed E-state index contributed by atoms with van der Waals surface area (Å²) in [4.78, 5) is 10.3. The van der Waals surface area contributed by atoms with Crippen LogP contribution in [0.15, 0.2) is 0 Å². The minimum atomic E-state index is -0.308. The van der Waals surface area contributed by atoms with Crippen molar-refractivity contribution in [1.29, 1.82) is 0 Å². The average Bonchev–Trinajstić information content (AvgIpc) is 1.85. The SMILES string of the molecule is CC1NC(=O)OC1I. The van der Waals surface area contributed by atoms with Gasteiger partial charge < -0.3 is 10.1 Å². The molecule has 1 N–H and O–H groups in total. The molecule has 8 heavy (non-hydrogen) atoms. The molecule has 0 saturated carbocycles. The van der Waals surface area contributed by atoms with E-state index in [9.17, 15) is 4.79 Å². The van der Waals surface area contributed by atoms with Crippen LogP contribution in [0.3, 0.4) is 0 Å². The Hall–Kier alpha value is 0. The molecule has 1 aliphatic rings. The Balaban J connectivity index is 2.51. The Kier molecular flexibility index (Phi) is 1.59. The fraction of sp³-hybridized carbons (Fsp3) is 0.750. The highest BCUT2D eigenvalue weighted by Gasteiger charge is 2.27. The van der Waals surface area contributed by atoms with Gasteiger partial charge in [0.15, 0.2) is 4.11 Å². The first-order valence-electron chi connectivity index (χ1n) is 2.31. The zero-order chi connectivity index (χ0) is 6.15. The van der Waals surface area contributed by atoms with Crippen LogP contribution in [0.5, 0.6) is 0 Å². The monoisotopic (exact) mass is 227 g/mol. The Morgan fingerprint density at radius 2 is 2.50 bits per heavy atom. The number of alkyl carbamates (subject to hydrolysis) is 1. The molecule has 1 aliphatic heterocycles. The van der Waals surface area contributed by atoms with Crippen molar-refractivity contribution in [1.82, 2.24) is 5.32 Å². The van der Waals surface area contributed by atoms with E-state index < -0.39 is 0 Å². The minimum absolute atomic E-state index is 0.0000926. The fourth-order valence-corrected chi connectivity index (χ4v) is 0.900. The van der Waals surface area contributed by atoms with Crippen LogP contribution in [0.4, 0.5) is 4.79 Å². The third-order valence-electron chi connectivity index (χ3n) is 0.958. The molecule has 1 rings (SSSR count). The molecular weight excluding hydrogens is 221 g/mol. The maximum absolute atomic E-state index is 10.3. The van der Waals surface area contributed by atoms with Crippen molar-refractivity contribution < 1.29 is 9.53 Å². The van der Waals surface area contributed by atoms with E-state index in [1.807, 2.05) is 6.92 Å². The second-order valence-corrected chi connectivity index (χ2v) is 2.92. The van der Waals surface area contributed by atoms with E-state index in [0.29, 0.717) is 0 Å². The van der Waals surface area contributed by atoms with Crippen LogP contribution in [0.25, 0.3) is 0 Å². The average molecular weight is 227 g/mol. The number of hydrogen-bond donors (Lipinski definition) is 1. The quantitative estimate of drug-likeness (QED) is 0.492. The van der Waals surface area contributed by atoms with Crippen LogP contribution in [0.2, 0.25) is 0 Å². The van der Waals surface area contributed by atoms with Crippen molar-refractivity contribution in [3.8, 4) is 0 Å². The van der Waals surface area contributed by atoms with Crippen molar-refractivity contribution >= 4 is 28.7 Å². The molecule has 0 spiro atoms. The summed E-state index contributed by atoms with van der Waals surface area (Å²) in [7, 11) is 0. The van der Waals surface area contributed by atoms with Crippen LogP contribution >= 0.6 is 22.6 Å². The Labute approximate surface area is 60.9 Å². The third kappa shape index (κ3) is 1.04.